The van der Waals surface area contributed by atoms with Gasteiger partial charge in [0.2, 0.25) is 0 Å². The number of aliphatic hydroxyl groups excluding tert-OH is 1. The zero-order valence-corrected chi connectivity index (χ0v) is 19.3. The lowest BCUT2D eigenvalue weighted by atomic mass is 9.44. The molecule has 3 aliphatic carbocycles. The van der Waals surface area contributed by atoms with E-state index in [4.69, 9.17) is 4.74 Å². The molecule has 4 heteroatoms. The van der Waals surface area contributed by atoms with Crippen molar-refractivity contribution in [1.82, 2.24) is 4.90 Å². The molecule has 0 aromatic heterocycles. The maximum Gasteiger partial charge on any atom is 0.252 e. The number of amides is 1. The van der Waals surface area contributed by atoms with Crippen molar-refractivity contribution in [1.29, 1.82) is 0 Å². The van der Waals surface area contributed by atoms with E-state index in [1.54, 1.807) is 0 Å². The lowest BCUT2D eigenvalue weighted by molar-refractivity contribution is -0.175. The van der Waals surface area contributed by atoms with Gasteiger partial charge in [0.05, 0.1) is 0 Å². The topological polar surface area (TPSA) is 49.8 Å². The second-order valence-electron chi connectivity index (χ2n) is 11.9. The second-order valence-corrected chi connectivity index (χ2v) is 11.9. The van der Waals surface area contributed by atoms with Crippen LogP contribution in [0.1, 0.15) is 90.9 Å². The van der Waals surface area contributed by atoms with Crippen LogP contribution in [0.15, 0.2) is 0 Å². The summed E-state index contributed by atoms with van der Waals surface area (Å²) >= 11 is 0. The van der Waals surface area contributed by atoms with E-state index < -0.39 is 0 Å². The zero-order valence-electron chi connectivity index (χ0n) is 19.3. The van der Waals surface area contributed by atoms with Gasteiger partial charge in [0.25, 0.3) is 5.91 Å². The zero-order chi connectivity index (χ0) is 20.9. The Morgan fingerprint density at radius 1 is 1.00 bits per heavy atom. The van der Waals surface area contributed by atoms with Gasteiger partial charge in [-0.3, -0.25) is 4.79 Å². The SMILES string of the molecule is CC12CCC(CO)CC1CCC1C2CCC2(C)C1CCCN2C(=O)C1CCCCO1. The van der Waals surface area contributed by atoms with Gasteiger partial charge in [-0.05, 0) is 119 Å². The van der Waals surface area contributed by atoms with Crippen molar-refractivity contribution >= 4 is 5.91 Å². The standard InChI is InChI=1S/C26H43NO3/c1-25-12-10-18(17-28)16-19(25)8-9-20-21(25)11-13-26(2)22(20)6-5-14-27(26)24(29)23-7-3-4-15-30-23/h18-23,28H,3-17H2,1-2H3. The monoisotopic (exact) mass is 417 g/mol. The van der Waals surface area contributed by atoms with Crippen molar-refractivity contribution in [3.8, 4) is 0 Å². The second kappa shape index (κ2) is 8.06. The number of aliphatic hydroxyl groups is 1. The van der Waals surface area contributed by atoms with Gasteiger partial charge < -0.3 is 14.7 Å². The molecule has 2 saturated heterocycles. The molecule has 170 valence electrons. The molecule has 3 saturated carbocycles. The number of fused-ring (bicyclic) bond motifs is 5. The summed E-state index contributed by atoms with van der Waals surface area (Å²) in [5, 5.41) is 9.73. The first-order chi connectivity index (χ1) is 14.5. The number of carbonyl (C=O) groups excluding carboxylic acids is 1. The molecule has 8 unspecified atom stereocenters. The van der Waals surface area contributed by atoms with Gasteiger partial charge in [-0.1, -0.05) is 6.92 Å². The van der Waals surface area contributed by atoms with Gasteiger partial charge in [0.1, 0.15) is 6.10 Å². The van der Waals surface area contributed by atoms with Gasteiger partial charge in [-0.25, -0.2) is 0 Å². The average Bonchev–Trinajstić information content (AvgIpc) is 2.77. The highest BCUT2D eigenvalue weighted by Crippen LogP contribution is 2.64. The van der Waals surface area contributed by atoms with Crippen LogP contribution in [0.3, 0.4) is 0 Å². The molecule has 2 heterocycles. The summed E-state index contributed by atoms with van der Waals surface area (Å²) in [6, 6.07) is 0. The molecule has 0 spiro atoms. The van der Waals surface area contributed by atoms with Crippen LogP contribution >= 0.6 is 0 Å². The van der Waals surface area contributed by atoms with Gasteiger partial charge in [0.15, 0.2) is 0 Å². The quantitative estimate of drug-likeness (QED) is 0.703. The third-order valence-corrected chi connectivity index (χ3v) is 10.6. The number of rotatable bonds is 2. The van der Waals surface area contributed by atoms with Crippen molar-refractivity contribution in [2.45, 2.75) is 103 Å². The minimum atomic E-state index is -0.186. The predicted molar refractivity (Wildman–Crippen MR) is 118 cm³/mol. The molecule has 0 bridgehead atoms. The highest BCUT2D eigenvalue weighted by molar-refractivity contribution is 5.82. The number of piperidine rings is 1. The lowest BCUT2D eigenvalue weighted by Crippen LogP contribution is -2.66. The molecule has 4 nitrogen and oxygen atoms in total. The average molecular weight is 418 g/mol. The molecule has 30 heavy (non-hydrogen) atoms. The van der Waals surface area contributed by atoms with E-state index in [0.717, 1.165) is 56.6 Å². The molecular weight excluding hydrogens is 374 g/mol. The van der Waals surface area contributed by atoms with E-state index in [2.05, 4.69) is 18.7 Å². The highest BCUT2D eigenvalue weighted by atomic mass is 16.5. The first kappa shape index (κ1) is 21.2. The first-order valence-electron chi connectivity index (χ1n) is 13.0. The van der Waals surface area contributed by atoms with Crippen molar-refractivity contribution < 1.29 is 14.6 Å². The minimum Gasteiger partial charge on any atom is -0.396 e. The summed E-state index contributed by atoms with van der Waals surface area (Å²) < 4.78 is 5.92. The summed E-state index contributed by atoms with van der Waals surface area (Å²) in [4.78, 5) is 15.8. The fourth-order valence-corrected chi connectivity index (χ4v) is 8.87. The number of likely N-dealkylation sites (tertiary alicyclic amines) is 1. The fourth-order valence-electron chi connectivity index (χ4n) is 8.87. The number of hydrogen-bond acceptors (Lipinski definition) is 3. The number of nitrogens with zero attached hydrogens (tertiary/aromatic N) is 1. The van der Waals surface area contributed by atoms with E-state index in [-0.39, 0.29) is 11.6 Å². The predicted octanol–water partition coefficient (Wildman–Crippen LogP) is 4.79. The summed E-state index contributed by atoms with van der Waals surface area (Å²) in [5.41, 5.74) is 0.484. The van der Waals surface area contributed by atoms with Crippen LogP contribution in [0.2, 0.25) is 0 Å². The third-order valence-electron chi connectivity index (χ3n) is 10.6. The largest absolute Gasteiger partial charge is 0.396 e. The first-order valence-corrected chi connectivity index (χ1v) is 13.0. The maximum atomic E-state index is 13.5. The van der Waals surface area contributed by atoms with E-state index >= 15 is 0 Å². The molecule has 1 N–H and O–H groups in total. The van der Waals surface area contributed by atoms with Crippen LogP contribution in [0.25, 0.3) is 0 Å². The molecule has 0 radical (unpaired) electrons. The molecule has 8 atom stereocenters. The van der Waals surface area contributed by atoms with Crippen molar-refractivity contribution in [3.63, 3.8) is 0 Å². The van der Waals surface area contributed by atoms with E-state index in [1.165, 1.54) is 51.4 Å². The van der Waals surface area contributed by atoms with Gasteiger partial charge in [-0.2, -0.15) is 0 Å². The molecule has 5 fully saturated rings. The van der Waals surface area contributed by atoms with Crippen LogP contribution in [0.5, 0.6) is 0 Å². The summed E-state index contributed by atoms with van der Waals surface area (Å²) in [7, 11) is 0. The number of ether oxygens (including phenoxy) is 1. The normalized spacial score (nSPS) is 49.0. The van der Waals surface area contributed by atoms with Crippen LogP contribution < -0.4 is 0 Å². The maximum absolute atomic E-state index is 13.5. The van der Waals surface area contributed by atoms with E-state index in [9.17, 15) is 9.90 Å². The Morgan fingerprint density at radius 2 is 1.87 bits per heavy atom. The van der Waals surface area contributed by atoms with E-state index in [1.807, 2.05) is 0 Å². The molecular formula is C26H43NO3. The van der Waals surface area contributed by atoms with Crippen molar-refractivity contribution in [3.05, 3.63) is 0 Å². The number of hydrogen-bond donors (Lipinski definition) is 1. The lowest BCUT2D eigenvalue weighted by Gasteiger charge is -2.64. The van der Waals surface area contributed by atoms with Crippen LogP contribution in [0, 0.1) is 35.0 Å². The minimum absolute atomic E-state index is 0.0306. The van der Waals surface area contributed by atoms with Crippen molar-refractivity contribution in [2.24, 2.45) is 35.0 Å². The molecule has 0 aromatic rings. The van der Waals surface area contributed by atoms with Gasteiger partial charge in [-0.15, -0.1) is 0 Å². The molecule has 5 rings (SSSR count). The molecule has 0 aromatic carbocycles. The Labute approximate surface area is 183 Å². The highest BCUT2D eigenvalue weighted by Gasteiger charge is 2.59. The molecule has 5 aliphatic rings. The van der Waals surface area contributed by atoms with Crippen LogP contribution in [0.4, 0.5) is 0 Å². The Balaban J connectivity index is 1.36. The molecule has 2 aliphatic heterocycles. The fraction of sp³-hybridized carbons (Fsp3) is 0.962. The van der Waals surface area contributed by atoms with E-state index in [0.29, 0.717) is 29.8 Å². The Kier molecular flexibility index (Phi) is 5.71. The summed E-state index contributed by atoms with van der Waals surface area (Å²) in [6.07, 6.45) is 14.3. The summed E-state index contributed by atoms with van der Waals surface area (Å²) in [5.74, 6) is 3.88. The summed E-state index contributed by atoms with van der Waals surface area (Å²) in [6.45, 7) is 7.07. The van der Waals surface area contributed by atoms with Gasteiger partial charge in [0, 0.05) is 25.3 Å². The van der Waals surface area contributed by atoms with Crippen molar-refractivity contribution in [2.75, 3.05) is 19.8 Å². The Bertz CT molecular complexity index is 646. The Hall–Kier alpha value is -0.610. The third kappa shape index (κ3) is 3.27. The number of carbonyl (C=O) groups is 1. The Morgan fingerprint density at radius 3 is 2.63 bits per heavy atom. The molecule has 1 amide bonds. The van der Waals surface area contributed by atoms with Crippen LogP contribution in [-0.4, -0.2) is 47.3 Å². The smallest absolute Gasteiger partial charge is 0.252 e. The van der Waals surface area contributed by atoms with Crippen LogP contribution in [-0.2, 0) is 9.53 Å². The van der Waals surface area contributed by atoms with Gasteiger partial charge >= 0.3 is 0 Å².